The molecule has 0 radical (unpaired) electrons. The number of carbonyl (C=O) groups excluding carboxylic acids is 1. The monoisotopic (exact) mass is 472 g/mol. The molecule has 0 bridgehead atoms. The van der Waals surface area contributed by atoms with E-state index in [1.54, 1.807) is 33.3 Å². The number of nitrogens with one attached hydrogen (secondary N) is 1. The number of nitrogens with zero attached hydrogens (tertiary/aromatic N) is 1. The topological polar surface area (TPSA) is 107 Å². The quantitative estimate of drug-likeness (QED) is 0.229. The smallest absolute Gasteiger partial charge is 0.303 e. The van der Waals surface area contributed by atoms with Crippen LogP contribution in [0.5, 0.6) is 0 Å². The summed E-state index contributed by atoms with van der Waals surface area (Å²) in [7, 11) is 6.63. The molecule has 0 aromatic carbocycles. The van der Waals surface area contributed by atoms with Gasteiger partial charge in [0.05, 0.1) is 26.4 Å². The minimum atomic E-state index is -0.778. The molecule has 0 aromatic rings. The second kappa shape index (κ2) is 32.0. The maximum Gasteiger partial charge on any atom is 0.303 e. The van der Waals surface area contributed by atoms with Gasteiger partial charge in [-0.3, -0.25) is 9.59 Å². The molecule has 1 amide bonds. The zero-order chi connectivity index (χ0) is 25.6. The van der Waals surface area contributed by atoms with Crippen LogP contribution in [-0.2, 0) is 28.5 Å². The summed E-state index contributed by atoms with van der Waals surface area (Å²) in [6.45, 7) is 5.64. The van der Waals surface area contributed by atoms with Gasteiger partial charge in [-0.15, -0.1) is 24.7 Å². The molecule has 33 heavy (non-hydrogen) atoms. The highest BCUT2D eigenvalue weighted by Crippen LogP contribution is 2.00. The van der Waals surface area contributed by atoms with Crippen LogP contribution in [0, 0.1) is 24.7 Å². The van der Waals surface area contributed by atoms with Gasteiger partial charge in [-0.05, 0) is 12.8 Å². The second-order valence-electron chi connectivity index (χ2n) is 6.61. The molecule has 0 aliphatic rings. The Kier molecular flexibility index (Phi) is 34.4. The Hall–Kier alpha value is -2.14. The first-order valence-corrected chi connectivity index (χ1v) is 11.0. The molecular formula is C24H44N2O7. The number of carbonyl (C=O) groups is 2. The summed E-state index contributed by atoms with van der Waals surface area (Å²) in [6, 6.07) is 0. The fourth-order valence-corrected chi connectivity index (χ4v) is 2.08. The lowest BCUT2D eigenvalue weighted by Gasteiger charge is -2.21. The van der Waals surface area contributed by atoms with Crippen molar-refractivity contribution in [1.29, 1.82) is 0 Å². The number of methoxy groups -OCH3 is 4. The Morgan fingerprint density at radius 3 is 1.58 bits per heavy atom. The number of ether oxygens (including phenoxy) is 4. The Morgan fingerprint density at radius 1 is 0.788 bits per heavy atom. The standard InChI is InChI=1S/C12H21NO3.C6H15NO2.C6H8O2/c1-4-5-6-7-12(14)13(8-10-15-2)9-11-16-3;1-8-5-3-7-4-6-9-2;1-2-3-4-5-6(7)8/h1H,5-11H2,2-3H3;7H,3-6H2,1-2H3;1H,3-5H2,(H,7,8). The first kappa shape index (κ1) is 35.4. The summed E-state index contributed by atoms with van der Waals surface area (Å²) in [6.07, 6.45) is 13.2. The highest BCUT2D eigenvalue weighted by atomic mass is 16.5. The van der Waals surface area contributed by atoms with E-state index in [0.717, 1.165) is 32.7 Å². The average molecular weight is 473 g/mol. The first-order valence-electron chi connectivity index (χ1n) is 11.0. The van der Waals surface area contributed by atoms with Gasteiger partial charge in [0, 0.05) is 80.3 Å². The van der Waals surface area contributed by atoms with Crippen molar-refractivity contribution in [2.45, 2.75) is 38.5 Å². The van der Waals surface area contributed by atoms with Crippen LogP contribution < -0.4 is 5.32 Å². The molecule has 0 saturated carbocycles. The Balaban J connectivity index is -0.000000449. The zero-order valence-corrected chi connectivity index (χ0v) is 20.9. The zero-order valence-electron chi connectivity index (χ0n) is 20.9. The second-order valence-corrected chi connectivity index (χ2v) is 6.61. The van der Waals surface area contributed by atoms with Gasteiger partial charge < -0.3 is 34.3 Å². The number of hydrogen-bond donors (Lipinski definition) is 2. The van der Waals surface area contributed by atoms with Crippen molar-refractivity contribution in [2.24, 2.45) is 0 Å². The number of terminal acetylenes is 2. The van der Waals surface area contributed by atoms with Gasteiger partial charge >= 0.3 is 5.97 Å². The number of rotatable bonds is 18. The SMILES string of the molecule is C#CCCCC(=O)N(CCOC)CCOC.C#CCCCC(=O)O.COCCNCCOC. The highest BCUT2D eigenvalue weighted by molar-refractivity contribution is 5.76. The van der Waals surface area contributed by atoms with E-state index >= 15 is 0 Å². The van der Waals surface area contributed by atoms with Gasteiger partial charge in [0.25, 0.3) is 0 Å². The summed E-state index contributed by atoms with van der Waals surface area (Å²) < 4.78 is 19.6. The third-order valence-electron chi connectivity index (χ3n) is 3.87. The molecule has 0 atom stereocenters. The van der Waals surface area contributed by atoms with Crippen molar-refractivity contribution in [1.82, 2.24) is 10.2 Å². The number of unbranched alkanes of at least 4 members (excludes halogenated alkanes) is 2. The number of amides is 1. The van der Waals surface area contributed by atoms with Crippen LogP contribution in [0.3, 0.4) is 0 Å². The average Bonchev–Trinajstić information content (AvgIpc) is 2.80. The van der Waals surface area contributed by atoms with Crippen LogP contribution in [0.25, 0.3) is 0 Å². The highest BCUT2D eigenvalue weighted by Gasteiger charge is 2.11. The van der Waals surface area contributed by atoms with Crippen LogP contribution >= 0.6 is 0 Å². The van der Waals surface area contributed by atoms with Crippen molar-refractivity contribution in [2.75, 3.05) is 81.0 Å². The van der Waals surface area contributed by atoms with E-state index in [2.05, 4.69) is 17.2 Å². The summed E-state index contributed by atoms with van der Waals surface area (Å²) in [5, 5.41) is 11.2. The number of aliphatic carboxylic acids is 1. The van der Waals surface area contributed by atoms with E-state index in [1.807, 2.05) is 0 Å². The van der Waals surface area contributed by atoms with E-state index in [4.69, 9.17) is 36.9 Å². The van der Waals surface area contributed by atoms with Crippen molar-refractivity contribution >= 4 is 11.9 Å². The summed E-state index contributed by atoms with van der Waals surface area (Å²) in [5.41, 5.74) is 0. The fourth-order valence-electron chi connectivity index (χ4n) is 2.08. The van der Waals surface area contributed by atoms with Crippen molar-refractivity contribution in [3.63, 3.8) is 0 Å². The molecule has 0 fully saturated rings. The van der Waals surface area contributed by atoms with Crippen LogP contribution in [0.1, 0.15) is 38.5 Å². The van der Waals surface area contributed by atoms with Crippen LogP contribution in [-0.4, -0.2) is 103 Å². The van der Waals surface area contributed by atoms with Gasteiger partial charge in [0.1, 0.15) is 0 Å². The van der Waals surface area contributed by atoms with E-state index in [1.165, 1.54) is 0 Å². The Labute approximate surface area is 200 Å². The van der Waals surface area contributed by atoms with E-state index < -0.39 is 5.97 Å². The van der Waals surface area contributed by atoms with Crippen molar-refractivity contribution in [3.8, 4) is 24.7 Å². The number of carboxylic acid groups (broad SMARTS) is 1. The van der Waals surface area contributed by atoms with Crippen LogP contribution in [0.15, 0.2) is 0 Å². The van der Waals surface area contributed by atoms with Gasteiger partial charge in [-0.25, -0.2) is 0 Å². The van der Waals surface area contributed by atoms with Gasteiger partial charge in [-0.2, -0.15) is 0 Å². The predicted molar refractivity (Wildman–Crippen MR) is 130 cm³/mol. The lowest BCUT2D eigenvalue weighted by molar-refractivity contribution is -0.137. The van der Waals surface area contributed by atoms with E-state index in [9.17, 15) is 9.59 Å². The van der Waals surface area contributed by atoms with E-state index in [0.29, 0.717) is 52.0 Å². The molecule has 0 rings (SSSR count). The van der Waals surface area contributed by atoms with Crippen LogP contribution in [0.4, 0.5) is 0 Å². The molecule has 0 aliphatic carbocycles. The third-order valence-corrected chi connectivity index (χ3v) is 3.87. The molecule has 9 nitrogen and oxygen atoms in total. The lowest BCUT2D eigenvalue weighted by atomic mass is 10.2. The molecule has 0 aromatic heterocycles. The first-order chi connectivity index (χ1) is 15.9. The largest absolute Gasteiger partial charge is 0.481 e. The lowest BCUT2D eigenvalue weighted by Crippen LogP contribution is -2.36. The molecule has 0 spiro atoms. The minimum absolute atomic E-state index is 0.115. The molecule has 0 aliphatic heterocycles. The Morgan fingerprint density at radius 2 is 1.21 bits per heavy atom. The minimum Gasteiger partial charge on any atom is -0.481 e. The fraction of sp³-hybridized carbons (Fsp3) is 0.750. The Bertz CT molecular complexity index is 502. The maximum absolute atomic E-state index is 11.8. The molecule has 0 unspecified atom stereocenters. The predicted octanol–water partition coefficient (Wildman–Crippen LogP) is 1.65. The third kappa shape index (κ3) is 34.7. The van der Waals surface area contributed by atoms with Gasteiger partial charge in [-0.1, -0.05) is 0 Å². The molecular weight excluding hydrogens is 428 g/mol. The van der Waals surface area contributed by atoms with Crippen LogP contribution in [0.2, 0.25) is 0 Å². The normalized spacial score (nSPS) is 9.39. The summed E-state index contributed by atoms with van der Waals surface area (Å²) in [5.74, 6) is 4.23. The summed E-state index contributed by atoms with van der Waals surface area (Å²) >= 11 is 0. The molecule has 0 saturated heterocycles. The molecule has 9 heteroatoms. The van der Waals surface area contributed by atoms with Gasteiger partial charge in [0.2, 0.25) is 5.91 Å². The number of hydrogen-bond acceptors (Lipinski definition) is 7. The number of carboxylic acids is 1. The molecule has 0 heterocycles. The van der Waals surface area contributed by atoms with Crippen molar-refractivity contribution in [3.05, 3.63) is 0 Å². The van der Waals surface area contributed by atoms with Gasteiger partial charge in [0.15, 0.2) is 0 Å². The molecule has 192 valence electrons. The van der Waals surface area contributed by atoms with Crippen molar-refractivity contribution < 1.29 is 33.6 Å². The van der Waals surface area contributed by atoms with E-state index in [-0.39, 0.29) is 12.3 Å². The molecule has 2 N–H and O–H groups in total. The maximum atomic E-state index is 11.8. The summed E-state index contributed by atoms with van der Waals surface area (Å²) in [4.78, 5) is 23.3.